The molecule has 0 aliphatic carbocycles. The minimum Gasteiger partial charge on any atom is -0.461 e. The number of carbonyl (C=O) groups excluding carboxylic acids is 6. The SMILES string of the molecule is CC(CC(=O)C(C)CC(C)(C)C)CC(C)(C)C(=O)OC(COC(=O)PC(C)(N)CC(=O)C(C)(C)CC(C)(C)C)COC(=O)C(C)(C)CC(N)CC(=O)C(C)(C)CC(C)(C)C. The van der Waals surface area contributed by atoms with Crippen molar-refractivity contribution in [2.24, 2.45) is 61.2 Å². The summed E-state index contributed by atoms with van der Waals surface area (Å²) in [5.74, 6) is -1.33. The highest BCUT2D eigenvalue weighted by Crippen LogP contribution is 2.40. The van der Waals surface area contributed by atoms with E-state index in [1.54, 1.807) is 34.6 Å². The third-order valence-electron chi connectivity index (χ3n) is 10.6. The van der Waals surface area contributed by atoms with Crippen molar-refractivity contribution < 1.29 is 43.0 Å². The second kappa shape index (κ2) is 21.9. The van der Waals surface area contributed by atoms with Gasteiger partial charge in [0.2, 0.25) is 0 Å². The van der Waals surface area contributed by atoms with Gasteiger partial charge in [-0.2, -0.15) is 0 Å². The van der Waals surface area contributed by atoms with Crippen LogP contribution >= 0.6 is 8.58 Å². The van der Waals surface area contributed by atoms with E-state index in [4.69, 9.17) is 25.7 Å². The zero-order valence-electron chi connectivity index (χ0n) is 41.7. The number of Topliss-reactive ketones (excluding diaryl/α,β-unsaturated/α-hetero) is 3. The van der Waals surface area contributed by atoms with Gasteiger partial charge in [0.15, 0.2) is 6.10 Å². The van der Waals surface area contributed by atoms with E-state index in [1.165, 1.54) is 0 Å². The lowest BCUT2D eigenvalue weighted by Gasteiger charge is -2.34. The van der Waals surface area contributed by atoms with Crippen molar-refractivity contribution in [3.05, 3.63) is 0 Å². The first kappa shape index (κ1) is 57.8. The van der Waals surface area contributed by atoms with Crippen LogP contribution in [0.15, 0.2) is 0 Å². The van der Waals surface area contributed by atoms with Crippen molar-refractivity contribution in [2.75, 3.05) is 13.2 Å². The molecule has 0 aromatic rings. The Kier molecular flexibility index (Phi) is 21.1. The molecule has 0 radical (unpaired) electrons. The number of hydrogen-bond acceptors (Lipinski definition) is 11. The van der Waals surface area contributed by atoms with Gasteiger partial charge in [-0.1, -0.05) is 104 Å². The maximum Gasteiger partial charge on any atom is 0.324 e. The zero-order chi connectivity index (χ0) is 47.7. The fourth-order valence-electron chi connectivity index (χ4n) is 8.62. The fourth-order valence-corrected chi connectivity index (χ4v) is 9.49. The van der Waals surface area contributed by atoms with E-state index in [9.17, 15) is 28.8 Å². The van der Waals surface area contributed by atoms with Crippen molar-refractivity contribution >= 4 is 43.6 Å². The van der Waals surface area contributed by atoms with Crippen LogP contribution in [0.2, 0.25) is 0 Å². The summed E-state index contributed by atoms with van der Waals surface area (Å²) in [6.45, 7) is 37.9. The molecule has 0 saturated heterocycles. The summed E-state index contributed by atoms with van der Waals surface area (Å²) in [7, 11) is -0.586. The van der Waals surface area contributed by atoms with Gasteiger partial charge in [-0.25, -0.2) is 4.79 Å². The number of rotatable bonds is 25. The Bertz CT molecular complexity index is 1480. The van der Waals surface area contributed by atoms with Crippen LogP contribution in [0.5, 0.6) is 0 Å². The number of ketones is 3. The summed E-state index contributed by atoms with van der Waals surface area (Å²) < 4.78 is 17.2. The molecule has 0 amide bonds. The van der Waals surface area contributed by atoms with E-state index >= 15 is 0 Å². The molecule has 0 aromatic carbocycles. The zero-order valence-corrected chi connectivity index (χ0v) is 42.7. The molecule has 0 aliphatic rings. The first-order valence-electron chi connectivity index (χ1n) is 22.0. The van der Waals surface area contributed by atoms with Crippen molar-refractivity contribution in [2.45, 2.75) is 207 Å². The van der Waals surface area contributed by atoms with Gasteiger partial charge in [0.1, 0.15) is 30.6 Å². The predicted molar refractivity (Wildman–Crippen MR) is 245 cm³/mol. The summed E-state index contributed by atoms with van der Waals surface area (Å²) in [5.41, 5.74) is 8.80. The Labute approximate surface area is 367 Å². The molecule has 0 heterocycles. The molecule has 60 heavy (non-hydrogen) atoms. The Hall–Kier alpha value is -2.23. The minimum absolute atomic E-state index is 0.0103. The Balaban J connectivity index is 6.04. The molecular weight excluding hydrogens is 780 g/mol. The molecule has 11 nitrogen and oxygen atoms in total. The topological polar surface area (TPSA) is 182 Å². The largest absolute Gasteiger partial charge is 0.461 e. The summed E-state index contributed by atoms with van der Waals surface area (Å²) in [4.78, 5) is 80.2. The third kappa shape index (κ3) is 23.3. The van der Waals surface area contributed by atoms with E-state index < -0.39 is 78.5 Å². The van der Waals surface area contributed by atoms with Crippen molar-refractivity contribution in [3.63, 3.8) is 0 Å². The minimum atomic E-state index is -1.17. The van der Waals surface area contributed by atoms with Gasteiger partial charge in [-0.3, -0.25) is 24.0 Å². The van der Waals surface area contributed by atoms with Gasteiger partial charge in [-0.15, -0.1) is 0 Å². The second-order valence-electron chi connectivity index (χ2n) is 24.6. The summed E-state index contributed by atoms with van der Waals surface area (Å²) >= 11 is 0. The lowest BCUT2D eigenvalue weighted by atomic mass is 9.72. The van der Waals surface area contributed by atoms with E-state index in [-0.39, 0.29) is 64.7 Å². The van der Waals surface area contributed by atoms with Gasteiger partial charge in [-0.05, 0) is 88.9 Å². The van der Waals surface area contributed by atoms with Crippen LogP contribution in [0.25, 0.3) is 0 Å². The van der Waals surface area contributed by atoms with Crippen molar-refractivity contribution in [1.82, 2.24) is 0 Å². The molecule has 0 spiro atoms. The quantitative estimate of drug-likeness (QED) is 0.0506. The van der Waals surface area contributed by atoms with E-state index in [2.05, 4.69) is 62.3 Å². The van der Waals surface area contributed by atoms with Crippen LogP contribution in [0, 0.1) is 49.7 Å². The maximum atomic E-state index is 13.8. The lowest BCUT2D eigenvalue weighted by Crippen LogP contribution is -2.41. The average Bonchev–Trinajstić information content (AvgIpc) is 2.97. The molecule has 0 bridgehead atoms. The van der Waals surface area contributed by atoms with Gasteiger partial charge < -0.3 is 25.7 Å². The van der Waals surface area contributed by atoms with Crippen LogP contribution in [0.3, 0.4) is 0 Å². The summed E-state index contributed by atoms with van der Waals surface area (Å²) in [6, 6.07) is -0.600. The molecule has 0 rings (SSSR count). The van der Waals surface area contributed by atoms with E-state index in [0.29, 0.717) is 25.7 Å². The maximum absolute atomic E-state index is 13.8. The Morgan fingerprint density at radius 2 is 1.00 bits per heavy atom. The van der Waals surface area contributed by atoms with E-state index in [0.717, 1.165) is 6.42 Å². The highest BCUT2D eigenvalue weighted by atomic mass is 31.1. The fraction of sp³-hybridized carbons (Fsp3) is 0.875. The first-order valence-corrected chi connectivity index (χ1v) is 23.0. The average molecular weight is 869 g/mol. The number of esters is 2. The molecule has 12 heteroatoms. The Morgan fingerprint density at radius 1 is 0.550 bits per heavy atom. The monoisotopic (exact) mass is 869 g/mol. The van der Waals surface area contributed by atoms with Crippen LogP contribution in [0.4, 0.5) is 4.79 Å². The molecule has 0 aliphatic heterocycles. The number of hydrogen-bond donors (Lipinski definition) is 2. The van der Waals surface area contributed by atoms with Crippen molar-refractivity contribution in [1.29, 1.82) is 0 Å². The normalized spacial score (nSPS) is 16.7. The van der Waals surface area contributed by atoms with Gasteiger partial charge >= 0.3 is 17.6 Å². The molecule has 0 aromatic heterocycles. The molecule has 350 valence electrons. The third-order valence-corrected chi connectivity index (χ3v) is 11.7. The van der Waals surface area contributed by atoms with Gasteiger partial charge in [0.25, 0.3) is 0 Å². The first-order chi connectivity index (χ1) is 26.5. The smallest absolute Gasteiger partial charge is 0.324 e. The second-order valence-corrected chi connectivity index (χ2v) is 26.4. The van der Waals surface area contributed by atoms with Crippen molar-refractivity contribution in [3.8, 4) is 0 Å². The molecule has 6 atom stereocenters. The number of nitrogens with two attached hydrogens (primary N) is 2. The molecule has 6 unspecified atom stereocenters. The lowest BCUT2D eigenvalue weighted by molar-refractivity contribution is -0.173. The van der Waals surface area contributed by atoms with Crippen LogP contribution in [0.1, 0.15) is 190 Å². The standard InChI is InChI=1S/C48H89N2O9P/c1-31(21-35(51)32(2)24-41(3,4)5)23-44(12,13)39(55)59-34(28-58-40(56)60-48(20,50)26-37(53)47(18,19)30-43(9,10)11)27-57-38(54)45(14,15)25-33(49)22-36(52)46(16,17)29-42(6,7)8/h31-34,60H,21-30,49-50H2,1-20H3. The molecule has 4 N–H and O–H groups in total. The molecule has 0 fully saturated rings. The number of carbonyl (C=O) groups is 6. The Morgan fingerprint density at radius 3 is 1.47 bits per heavy atom. The molecular formula is C48H89N2O9P. The predicted octanol–water partition coefficient (Wildman–Crippen LogP) is 10.6. The van der Waals surface area contributed by atoms with Crippen LogP contribution < -0.4 is 11.5 Å². The van der Waals surface area contributed by atoms with Gasteiger partial charge in [0.05, 0.1) is 10.8 Å². The van der Waals surface area contributed by atoms with Crippen LogP contribution in [-0.2, 0) is 38.2 Å². The van der Waals surface area contributed by atoms with Gasteiger partial charge in [0, 0.05) is 55.9 Å². The summed E-state index contributed by atoms with van der Waals surface area (Å²) in [5, 5.41) is -1.17. The highest BCUT2D eigenvalue weighted by Gasteiger charge is 2.40. The van der Waals surface area contributed by atoms with Crippen LogP contribution in [-0.4, -0.2) is 65.6 Å². The summed E-state index contributed by atoms with van der Waals surface area (Å²) in [6.07, 6.45) is 1.84. The number of ether oxygens (including phenoxy) is 3. The molecule has 0 saturated carbocycles. The highest BCUT2D eigenvalue weighted by molar-refractivity contribution is 7.58. The van der Waals surface area contributed by atoms with E-state index in [1.807, 2.05) is 41.5 Å².